The molecule has 6 heteroatoms. The number of likely N-dealkylation sites (tertiary alicyclic amines) is 1. The van der Waals surface area contributed by atoms with Crippen molar-refractivity contribution in [1.82, 2.24) is 14.5 Å². The molecule has 0 aromatic carbocycles. The summed E-state index contributed by atoms with van der Waals surface area (Å²) in [4.78, 5) is 33.6. The zero-order chi connectivity index (χ0) is 16.6. The number of carbonyl (C=O) groups is 1. The Morgan fingerprint density at radius 1 is 1.39 bits per heavy atom. The normalized spacial score (nSPS) is 16.2. The molecule has 0 bridgehead atoms. The van der Waals surface area contributed by atoms with Gasteiger partial charge in [-0.3, -0.25) is 14.2 Å². The van der Waals surface area contributed by atoms with Crippen LogP contribution >= 0.6 is 11.3 Å². The van der Waals surface area contributed by atoms with E-state index in [1.807, 2.05) is 11.0 Å². The van der Waals surface area contributed by atoms with E-state index in [1.165, 1.54) is 4.57 Å². The fraction of sp³-hybridized carbons (Fsp3) is 0.588. The molecule has 5 nitrogen and oxygen atoms in total. The standard InChI is InChI=1S/C17H23N3O2S/c1-4-13-9-14-16(23-13)18-12(3)20(17(14)22)10-15(21)19-7-5-11(2)6-8-19/h9,11H,4-8,10H2,1-3H3. The fourth-order valence-electron chi connectivity index (χ4n) is 3.02. The molecule has 23 heavy (non-hydrogen) atoms. The number of rotatable bonds is 3. The summed E-state index contributed by atoms with van der Waals surface area (Å²) in [7, 11) is 0. The SMILES string of the molecule is CCc1cc2c(=O)n(CC(=O)N3CCC(C)CC3)c(C)nc2s1. The van der Waals surface area contributed by atoms with Gasteiger partial charge in [0.1, 0.15) is 17.2 Å². The van der Waals surface area contributed by atoms with Gasteiger partial charge in [-0.2, -0.15) is 0 Å². The van der Waals surface area contributed by atoms with Crippen LogP contribution in [0.3, 0.4) is 0 Å². The summed E-state index contributed by atoms with van der Waals surface area (Å²) in [5.41, 5.74) is -0.0952. The van der Waals surface area contributed by atoms with Crippen molar-refractivity contribution in [2.45, 2.75) is 46.6 Å². The number of carbonyl (C=O) groups excluding carboxylic acids is 1. The summed E-state index contributed by atoms with van der Waals surface area (Å²) in [6.45, 7) is 7.77. The molecule has 1 fully saturated rings. The van der Waals surface area contributed by atoms with Crippen LogP contribution in [0.2, 0.25) is 0 Å². The summed E-state index contributed by atoms with van der Waals surface area (Å²) in [5, 5.41) is 0.637. The van der Waals surface area contributed by atoms with Crippen LogP contribution in [-0.4, -0.2) is 33.4 Å². The molecule has 3 rings (SSSR count). The first-order valence-electron chi connectivity index (χ1n) is 8.27. The van der Waals surface area contributed by atoms with Crippen molar-refractivity contribution in [3.8, 4) is 0 Å². The molecule has 1 aliphatic heterocycles. The van der Waals surface area contributed by atoms with Crippen molar-refractivity contribution in [2.75, 3.05) is 13.1 Å². The van der Waals surface area contributed by atoms with E-state index in [0.717, 1.165) is 42.1 Å². The topological polar surface area (TPSA) is 55.2 Å². The first-order valence-corrected chi connectivity index (χ1v) is 9.09. The van der Waals surface area contributed by atoms with Crippen LogP contribution in [0.4, 0.5) is 0 Å². The van der Waals surface area contributed by atoms with Gasteiger partial charge in [-0.15, -0.1) is 11.3 Å². The molecule has 1 amide bonds. The van der Waals surface area contributed by atoms with E-state index in [-0.39, 0.29) is 18.0 Å². The molecule has 0 unspecified atom stereocenters. The van der Waals surface area contributed by atoms with Crippen LogP contribution in [-0.2, 0) is 17.8 Å². The van der Waals surface area contributed by atoms with Gasteiger partial charge in [0, 0.05) is 18.0 Å². The monoisotopic (exact) mass is 333 g/mol. The van der Waals surface area contributed by atoms with Crippen LogP contribution in [0, 0.1) is 12.8 Å². The quantitative estimate of drug-likeness (QED) is 0.867. The molecule has 0 N–H and O–H groups in total. The minimum Gasteiger partial charge on any atom is -0.341 e. The number of thiophene rings is 1. The van der Waals surface area contributed by atoms with Crippen molar-refractivity contribution in [3.63, 3.8) is 0 Å². The Morgan fingerprint density at radius 2 is 2.09 bits per heavy atom. The van der Waals surface area contributed by atoms with E-state index < -0.39 is 0 Å². The molecule has 3 heterocycles. The van der Waals surface area contributed by atoms with E-state index in [1.54, 1.807) is 18.3 Å². The smallest absolute Gasteiger partial charge is 0.262 e. The van der Waals surface area contributed by atoms with Crippen LogP contribution in [0.15, 0.2) is 10.9 Å². The predicted molar refractivity (Wildman–Crippen MR) is 93.0 cm³/mol. The fourth-order valence-corrected chi connectivity index (χ4v) is 4.02. The number of piperidine rings is 1. The highest BCUT2D eigenvalue weighted by Crippen LogP contribution is 2.22. The second-order valence-electron chi connectivity index (χ2n) is 6.40. The molecule has 0 atom stereocenters. The van der Waals surface area contributed by atoms with Crippen molar-refractivity contribution in [2.24, 2.45) is 5.92 Å². The lowest BCUT2D eigenvalue weighted by Gasteiger charge is -2.30. The first-order chi connectivity index (χ1) is 11.0. The number of aryl methyl sites for hydroxylation is 2. The minimum absolute atomic E-state index is 0.0224. The van der Waals surface area contributed by atoms with Gasteiger partial charge < -0.3 is 4.90 Å². The van der Waals surface area contributed by atoms with Crippen LogP contribution in [0.5, 0.6) is 0 Å². The van der Waals surface area contributed by atoms with Crippen LogP contribution in [0.25, 0.3) is 10.2 Å². The molecule has 1 aliphatic rings. The third-order valence-corrected chi connectivity index (χ3v) is 5.84. The van der Waals surface area contributed by atoms with Gasteiger partial charge in [-0.1, -0.05) is 13.8 Å². The molecule has 2 aromatic rings. The van der Waals surface area contributed by atoms with E-state index >= 15 is 0 Å². The highest BCUT2D eigenvalue weighted by atomic mass is 32.1. The summed E-state index contributed by atoms with van der Waals surface area (Å²) in [6, 6.07) is 1.92. The lowest BCUT2D eigenvalue weighted by atomic mass is 9.99. The lowest BCUT2D eigenvalue weighted by Crippen LogP contribution is -2.41. The van der Waals surface area contributed by atoms with E-state index in [9.17, 15) is 9.59 Å². The first kappa shape index (κ1) is 16.2. The van der Waals surface area contributed by atoms with Crippen LogP contribution < -0.4 is 5.56 Å². The van der Waals surface area contributed by atoms with Crippen molar-refractivity contribution in [3.05, 3.63) is 27.1 Å². The summed E-state index contributed by atoms with van der Waals surface area (Å²) < 4.78 is 1.52. The zero-order valence-corrected chi connectivity index (χ0v) is 14.8. The van der Waals surface area contributed by atoms with Gasteiger partial charge >= 0.3 is 0 Å². The predicted octanol–water partition coefficient (Wildman–Crippen LogP) is 2.59. The van der Waals surface area contributed by atoms with Crippen molar-refractivity contribution >= 4 is 27.5 Å². The molecule has 0 spiro atoms. The summed E-state index contributed by atoms with van der Waals surface area (Å²) in [6.07, 6.45) is 2.98. The molecule has 1 saturated heterocycles. The third-order valence-electron chi connectivity index (χ3n) is 4.67. The number of hydrogen-bond donors (Lipinski definition) is 0. The molecule has 0 saturated carbocycles. The summed E-state index contributed by atoms with van der Waals surface area (Å²) in [5.74, 6) is 1.32. The maximum absolute atomic E-state index is 12.7. The van der Waals surface area contributed by atoms with Gasteiger partial charge in [0.15, 0.2) is 0 Å². The number of fused-ring (bicyclic) bond motifs is 1. The van der Waals surface area contributed by atoms with E-state index in [0.29, 0.717) is 17.1 Å². The van der Waals surface area contributed by atoms with Crippen molar-refractivity contribution in [1.29, 1.82) is 0 Å². The second kappa shape index (κ2) is 6.43. The maximum atomic E-state index is 12.7. The maximum Gasteiger partial charge on any atom is 0.262 e. The Hall–Kier alpha value is -1.69. The highest BCUT2D eigenvalue weighted by Gasteiger charge is 2.22. The molecule has 0 radical (unpaired) electrons. The number of nitrogens with zero attached hydrogens (tertiary/aromatic N) is 3. The highest BCUT2D eigenvalue weighted by molar-refractivity contribution is 7.18. The molecule has 2 aromatic heterocycles. The molecular formula is C17H23N3O2S. The average molecular weight is 333 g/mol. The number of amides is 1. The zero-order valence-electron chi connectivity index (χ0n) is 14.0. The van der Waals surface area contributed by atoms with E-state index in [4.69, 9.17) is 0 Å². The Bertz CT molecular complexity index is 785. The third kappa shape index (κ3) is 3.17. The van der Waals surface area contributed by atoms with Gasteiger partial charge in [0.2, 0.25) is 5.91 Å². The molecule has 0 aliphatic carbocycles. The van der Waals surface area contributed by atoms with Gasteiger partial charge in [0.05, 0.1) is 5.39 Å². The average Bonchev–Trinajstić information content (AvgIpc) is 2.95. The minimum atomic E-state index is -0.0952. The van der Waals surface area contributed by atoms with Crippen molar-refractivity contribution < 1.29 is 4.79 Å². The second-order valence-corrected chi connectivity index (χ2v) is 7.51. The van der Waals surface area contributed by atoms with Crippen LogP contribution in [0.1, 0.15) is 37.4 Å². The number of aromatic nitrogens is 2. The van der Waals surface area contributed by atoms with E-state index in [2.05, 4.69) is 18.8 Å². The number of hydrogen-bond acceptors (Lipinski definition) is 4. The molecular weight excluding hydrogens is 310 g/mol. The lowest BCUT2D eigenvalue weighted by molar-refractivity contribution is -0.133. The Kier molecular flexibility index (Phi) is 4.53. The summed E-state index contributed by atoms with van der Waals surface area (Å²) >= 11 is 1.56. The van der Waals surface area contributed by atoms with Gasteiger partial charge in [-0.05, 0) is 38.2 Å². The molecule has 124 valence electrons. The Balaban J connectivity index is 1.87. The van der Waals surface area contributed by atoms with Gasteiger partial charge in [0.25, 0.3) is 5.56 Å². The Labute approximate surface area is 139 Å². The largest absolute Gasteiger partial charge is 0.341 e. The Morgan fingerprint density at radius 3 is 2.74 bits per heavy atom. The van der Waals surface area contributed by atoms with Gasteiger partial charge in [-0.25, -0.2) is 4.98 Å².